The molecule has 1 aromatic carbocycles. The van der Waals surface area contributed by atoms with E-state index in [1.54, 1.807) is 6.08 Å². The summed E-state index contributed by atoms with van der Waals surface area (Å²) < 4.78 is 2.88. The average molecular weight is 450 g/mol. The highest BCUT2D eigenvalue weighted by atomic mass is 79.9. The van der Waals surface area contributed by atoms with Crippen LogP contribution in [0.4, 0.5) is 4.79 Å². The molecule has 0 unspecified atom stereocenters. The molecule has 1 aromatic heterocycles. The quantitative estimate of drug-likeness (QED) is 0.479. The number of rotatable bonds is 3. The van der Waals surface area contributed by atoms with Crippen LogP contribution >= 0.6 is 39.3 Å². The van der Waals surface area contributed by atoms with E-state index in [9.17, 15) is 9.59 Å². The molecule has 0 N–H and O–H groups in total. The molecule has 7 heteroatoms. The summed E-state index contributed by atoms with van der Waals surface area (Å²) in [5, 5.41) is 0.277. The first-order valence-corrected chi connectivity index (χ1v) is 9.65. The molecule has 0 aliphatic carbocycles. The first-order chi connectivity index (χ1) is 12.3. The number of nitrogens with zero attached hydrogens (tertiary/aromatic N) is 2. The van der Waals surface area contributed by atoms with Gasteiger partial charge in [-0.05, 0) is 77.4 Å². The van der Waals surface area contributed by atoms with Crippen LogP contribution < -0.4 is 0 Å². The molecule has 132 valence electrons. The van der Waals surface area contributed by atoms with Crippen LogP contribution in [-0.4, -0.2) is 27.2 Å². The van der Waals surface area contributed by atoms with E-state index in [0.717, 1.165) is 43.8 Å². The zero-order chi connectivity index (χ0) is 19.0. The van der Waals surface area contributed by atoms with Gasteiger partial charge in [0.05, 0.1) is 16.5 Å². The minimum Gasteiger partial charge on any atom is -0.318 e. The molecule has 2 aromatic rings. The lowest BCUT2D eigenvalue weighted by Gasteiger charge is -2.11. The van der Waals surface area contributed by atoms with E-state index in [4.69, 9.17) is 18.0 Å². The number of terminal acetylenes is 1. The van der Waals surface area contributed by atoms with Crippen LogP contribution in [0.1, 0.15) is 17.0 Å². The molecule has 0 bridgehead atoms. The Morgan fingerprint density at radius 2 is 2.04 bits per heavy atom. The maximum absolute atomic E-state index is 12.4. The SMILES string of the molecule is C#CCN1C(=O)SC(=Cc2cc(C)n(-c3ccc(Br)c(Cl)c3)c2C)C1=O. The Bertz CT molecular complexity index is 1000. The van der Waals surface area contributed by atoms with Crippen LogP contribution in [0, 0.1) is 26.2 Å². The van der Waals surface area contributed by atoms with Gasteiger partial charge in [-0.3, -0.25) is 14.5 Å². The van der Waals surface area contributed by atoms with Crippen LogP contribution in [0.5, 0.6) is 0 Å². The van der Waals surface area contributed by atoms with Gasteiger partial charge in [0.2, 0.25) is 0 Å². The van der Waals surface area contributed by atoms with Gasteiger partial charge < -0.3 is 4.57 Å². The molecule has 1 fully saturated rings. The number of hydrogen-bond acceptors (Lipinski definition) is 3. The molecule has 3 rings (SSSR count). The van der Waals surface area contributed by atoms with Crippen molar-refractivity contribution in [3.05, 3.63) is 55.6 Å². The predicted octanol–water partition coefficient (Wildman–Crippen LogP) is 5.18. The summed E-state index contributed by atoms with van der Waals surface area (Å²) in [6.07, 6.45) is 6.96. The van der Waals surface area contributed by atoms with Gasteiger partial charge in [-0.2, -0.15) is 0 Å². The summed E-state index contributed by atoms with van der Waals surface area (Å²) in [7, 11) is 0. The molecule has 26 heavy (non-hydrogen) atoms. The maximum Gasteiger partial charge on any atom is 0.294 e. The lowest BCUT2D eigenvalue weighted by molar-refractivity contribution is -0.122. The predicted molar refractivity (Wildman–Crippen MR) is 109 cm³/mol. The molecule has 2 heterocycles. The largest absolute Gasteiger partial charge is 0.318 e. The van der Waals surface area contributed by atoms with Crippen molar-refractivity contribution in [1.82, 2.24) is 9.47 Å². The average Bonchev–Trinajstić information content (AvgIpc) is 3.01. The lowest BCUT2D eigenvalue weighted by atomic mass is 10.2. The molecule has 1 aliphatic rings. The van der Waals surface area contributed by atoms with Gasteiger partial charge in [0.25, 0.3) is 11.1 Å². The molecule has 0 spiro atoms. The molecule has 0 saturated carbocycles. The van der Waals surface area contributed by atoms with Crippen molar-refractivity contribution < 1.29 is 9.59 Å². The van der Waals surface area contributed by atoms with E-state index >= 15 is 0 Å². The van der Waals surface area contributed by atoms with E-state index in [1.165, 1.54) is 0 Å². The minimum absolute atomic E-state index is 0.0155. The Kier molecular flexibility index (Phi) is 5.33. The monoisotopic (exact) mass is 448 g/mol. The van der Waals surface area contributed by atoms with Crippen LogP contribution in [0.2, 0.25) is 5.02 Å². The number of aromatic nitrogens is 1. The standard InChI is InChI=1S/C19H14BrClN2O2S/c1-4-7-22-18(24)17(26-19(22)25)9-13-8-11(2)23(12(13)3)14-5-6-15(20)16(21)10-14/h1,5-6,8-10H,7H2,2-3H3. The van der Waals surface area contributed by atoms with Crippen molar-refractivity contribution in [2.24, 2.45) is 0 Å². The molecular formula is C19H14BrClN2O2S. The second-order valence-corrected chi connectivity index (χ2v) is 7.99. The second kappa shape index (κ2) is 7.36. The molecule has 2 amide bonds. The minimum atomic E-state index is -0.352. The Morgan fingerprint density at radius 3 is 2.69 bits per heavy atom. The molecule has 0 radical (unpaired) electrons. The summed E-state index contributed by atoms with van der Waals surface area (Å²) in [6, 6.07) is 7.69. The number of aryl methyl sites for hydroxylation is 1. The summed E-state index contributed by atoms with van der Waals surface area (Å²) >= 11 is 10.5. The van der Waals surface area contributed by atoms with Gasteiger partial charge in [0.1, 0.15) is 0 Å². The molecule has 4 nitrogen and oxygen atoms in total. The third-order valence-corrected chi connectivity index (χ3v) is 6.18. The fourth-order valence-electron chi connectivity index (χ4n) is 2.82. The van der Waals surface area contributed by atoms with Crippen molar-refractivity contribution in [2.45, 2.75) is 13.8 Å². The van der Waals surface area contributed by atoms with Crippen LogP contribution in [0.15, 0.2) is 33.6 Å². The zero-order valence-corrected chi connectivity index (χ0v) is 17.2. The van der Waals surface area contributed by atoms with Crippen molar-refractivity contribution in [3.8, 4) is 18.0 Å². The van der Waals surface area contributed by atoms with Crippen LogP contribution in [0.25, 0.3) is 11.8 Å². The molecular weight excluding hydrogens is 436 g/mol. The summed E-state index contributed by atoms with van der Waals surface area (Å²) in [5.74, 6) is 1.98. The Morgan fingerprint density at radius 1 is 1.31 bits per heavy atom. The molecule has 1 aliphatic heterocycles. The number of carbonyl (C=O) groups is 2. The Hall–Kier alpha value is -1.94. The number of halogens is 2. The van der Waals surface area contributed by atoms with E-state index in [-0.39, 0.29) is 17.7 Å². The summed E-state index contributed by atoms with van der Waals surface area (Å²) in [5.41, 5.74) is 3.74. The second-order valence-electron chi connectivity index (χ2n) is 5.73. The highest BCUT2D eigenvalue weighted by Gasteiger charge is 2.34. The fourth-order valence-corrected chi connectivity index (χ4v) is 4.07. The first-order valence-electron chi connectivity index (χ1n) is 7.66. The van der Waals surface area contributed by atoms with Gasteiger partial charge in [-0.25, -0.2) is 0 Å². The smallest absolute Gasteiger partial charge is 0.294 e. The van der Waals surface area contributed by atoms with E-state index < -0.39 is 0 Å². The third-order valence-electron chi connectivity index (χ3n) is 4.04. The number of carbonyl (C=O) groups excluding carboxylic acids is 2. The Balaban J connectivity index is 2.01. The fraction of sp³-hybridized carbons (Fsp3) is 0.158. The zero-order valence-electron chi connectivity index (χ0n) is 14.0. The summed E-state index contributed by atoms with van der Waals surface area (Å²) in [6.45, 7) is 3.92. The van der Waals surface area contributed by atoms with E-state index in [0.29, 0.717) is 9.93 Å². The molecule has 1 saturated heterocycles. The third kappa shape index (κ3) is 3.35. The first kappa shape index (κ1) is 18.8. The van der Waals surface area contributed by atoms with E-state index in [1.807, 2.05) is 38.1 Å². The van der Waals surface area contributed by atoms with Gasteiger partial charge in [-0.1, -0.05) is 17.5 Å². The van der Waals surface area contributed by atoms with Crippen molar-refractivity contribution in [3.63, 3.8) is 0 Å². The Labute approximate surface area is 169 Å². The number of benzene rings is 1. The number of imide groups is 1. The number of thioether (sulfide) groups is 1. The van der Waals surface area contributed by atoms with Crippen molar-refractivity contribution in [1.29, 1.82) is 0 Å². The number of amides is 2. The van der Waals surface area contributed by atoms with Gasteiger partial charge in [0, 0.05) is 21.5 Å². The van der Waals surface area contributed by atoms with E-state index in [2.05, 4.69) is 26.4 Å². The lowest BCUT2D eigenvalue weighted by Crippen LogP contribution is -2.28. The van der Waals surface area contributed by atoms with Crippen LogP contribution in [-0.2, 0) is 4.79 Å². The molecule has 0 atom stereocenters. The number of hydrogen-bond donors (Lipinski definition) is 0. The van der Waals surface area contributed by atoms with Gasteiger partial charge >= 0.3 is 0 Å². The topological polar surface area (TPSA) is 42.3 Å². The highest BCUT2D eigenvalue weighted by Crippen LogP contribution is 2.34. The van der Waals surface area contributed by atoms with Crippen LogP contribution in [0.3, 0.4) is 0 Å². The summed E-state index contributed by atoms with van der Waals surface area (Å²) in [4.78, 5) is 25.7. The van der Waals surface area contributed by atoms with Gasteiger partial charge in [-0.15, -0.1) is 6.42 Å². The highest BCUT2D eigenvalue weighted by molar-refractivity contribution is 9.10. The van der Waals surface area contributed by atoms with Crippen molar-refractivity contribution >= 4 is 56.5 Å². The normalized spacial score (nSPS) is 15.8. The van der Waals surface area contributed by atoms with Gasteiger partial charge in [0.15, 0.2) is 0 Å². The van der Waals surface area contributed by atoms with Crippen molar-refractivity contribution in [2.75, 3.05) is 6.54 Å². The maximum atomic E-state index is 12.4.